The summed E-state index contributed by atoms with van der Waals surface area (Å²) in [6.07, 6.45) is 2.14. The topological polar surface area (TPSA) is 67.4 Å². The number of nitrogens with one attached hydrogen (secondary N) is 1. The van der Waals surface area contributed by atoms with E-state index in [9.17, 15) is 4.79 Å². The van der Waals surface area contributed by atoms with E-state index in [2.05, 4.69) is 34.0 Å². The molecule has 0 aliphatic heterocycles. The molecule has 0 aliphatic rings. The summed E-state index contributed by atoms with van der Waals surface area (Å²) in [5.41, 5.74) is 1.40. The average Bonchev–Trinajstić information content (AvgIpc) is 2.62. The number of aryl methyl sites for hydroxylation is 1. The Morgan fingerprint density at radius 1 is 1.08 bits per heavy atom. The van der Waals surface area contributed by atoms with Gasteiger partial charge in [-0.3, -0.25) is 0 Å². The third-order valence-corrected chi connectivity index (χ3v) is 3.80. The lowest BCUT2D eigenvalue weighted by atomic mass is 10.2. The number of benzene rings is 1. The summed E-state index contributed by atoms with van der Waals surface area (Å²) in [6, 6.07) is 9.15. The fourth-order valence-electron chi connectivity index (χ4n) is 2.71. The molecule has 26 heavy (non-hydrogen) atoms. The predicted molar refractivity (Wildman–Crippen MR) is 105 cm³/mol. The normalized spacial score (nSPS) is 10.5. The molecule has 2 rings (SSSR count). The minimum absolute atomic E-state index is 0.311. The van der Waals surface area contributed by atoms with Crippen LogP contribution in [0.5, 0.6) is 0 Å². The molecule has 0 amide bonds. The smallest absolute Gasteiger partial charge is 0.338 e. The lowest BCUT2D eigenvalue weighted by Crippen LogP contribution is -2.26. The number of hydrogen-bond donors (Lipinski definition) is 1. The molecule has 1 aromatic heterocycles. The van der Waals surface area contributed by atoms with E-state index in [4.69, 9.17) is 4.74 Å². The highest BCUT2D eigenvalue weighted by atomic mass is 16.5. The lowest BCUT2D eigenvalue weighted by Gasteiger charge is -2.23. The summed E-state index contributed by atoms with van der Waals surface area (Å²) < 4.78 is 5.00. The van der Waals surface area contributed by atoms with Crippen LogP contribution in [0.4, 0.5) is 17.3 Å². The lowest BCUT2D eigenvalue weighted by molar-refractivity contribution is 0.0526. The summed E-state index contributed by atoms with van der Waals surface area (Å²) in [7, 11) is 0. The van der Waals surface area contributed by atoms with Gasteiger partial charge in [0.15, 0.2) is 0 Å². The molecular formula is C20H28N4O2. The molecule has 0 radical (unpaired) electrons. The summed E-state index contributed by atoms with van der Waals surface area (Å²) in [5, 5.41) is 3.29. The van der Waals surface area contributed by atoms with Crippen LogP contribution in [-0.2, 0) is 4.74 Å². The van der Waals surface area contributed by atoms with Crippen molar-refractivity contribution >= 4 is 23.3 Å². The first kappa shape index (κ1) is 19.7. The molecule has 6 nitrogen and oxygen atoms in total. The van der Waals surface area contributed by atoms with E-state index in [1.54, 1.807) is 19.1 Å². The average molecular weight is 356 g/mol. The van der Waals surface area contributed by atoms with Gasteiger partial charge in [0, 0.05) is 24.8 Å². The van der Waals surface area contributed by atoms with Crippen LogP contribution in [0, 0.1) is 6.92 Å². The molecule has 0 unspecified atom stereocenters. The number of carbonyl (C=O) groups excluding carboxylic acids is 1. The van der Waals surface area contributed by atoms with Crippen molar-refractivity contribution in [1.29, 1.82) is 0 Å². The number of carbonyl (C=O) groups is 1. The molecule has 0 spiro atoms. The van der Waals surface area contributed by atoms with Gasteiger partial charge in [0.05, 0.1) is 12.2 Å². The Kier molecular flexibility index (Phi) is 7.38. The third kappa shape index (κ3) is 5.44. The van der Waals surface area contributed by atoms with E-state index < -0.39 is 0 Å². The van der Waals surface area contributed by atoms with Gasteiger partial charge < -0.3 is 15.0 Å². The number of anilines is 3. The minimum atomic E-state index is -0.311. The molecule has 0 saturated heterocycles. The zero-order valence-electron chi connectivity index (χ0n) is 16.1. The van der Waals surface area contributed by atoms with Crippen molar-refractivity contribution in [2.45, 2.75) is 40.5 Å². The monoisotopic (exact) mass is 356 g/mol. The molecule has 6 heteroatoms. The molecule has 140 valence electrons. The molecule has 1 N–H and O–H groups in total. The van der Waals surface area contributed by atoms with Crippen molar-refractivity contribution in [3.8, 4) is 0 Å². The summed E-state index contributed by atoms with van der Waals surface area (Å²) in [5.74, 6) is 2.10. The van der Waals surface area contributed by atoms with Crippen LogP contribution in [0.3, 0.4) is 0 Å². The second-order valence-corrected chi connectivity index (χ2v) is 6.07. The number of ether oxygens (including phenoxy) is 1. The van der Waals surface area contributed by atoms with Gasteiger partial charge >= 0.3 is 5.97 Å². The minimum Gasteiger partial charge on any atom is -0.462 e. The second-order valence-electron chi connectivity index (χ2n) is 6.07. The number of rotatable bonds is 9. The Bertz CT molecular complexity index is 710. The van der Waals surface area contributed by atoms with Crippen LogP contribution in [0.2, 0.25) is 0 Å². The van der Waals surface area contributed by atoms with Gasteiger partial charge in [0.25, 0.3) is 0 Å². The highest BCUT2D eigenvalue weighted by molar-refractivity contribution is 5.89. The summed E-state index contributed by atoms with van der Waals surface area (Å²) >= 11 is 0. The zero-order valence-corrected chi connectivity index (χ0v) is 16.1. The van der Waals surface area contributed by atoms with Gasteiger partial charge in [0.2, 0.25) is 0 Å². The number of hydrogen-bond acceptors (Lipinski definition) is 6. The molecule has 2 aromatic rings. The molecule has 0 aliphatic carbocycles. The summed E-state index contributed by atoms with van der Waals surface area (Å²) in [6.45, 7) is 10.3. The van der Waals surface area contributed by atoms with E-state index in [1.807, 2.05) is 25.1 Å². The molecule has 0 bridgehead atoms. The van der Waals surface area contributed by atoms with Crippen molar-refractivity contribution in [2.75, 3.05) is 29.9 Å². The van der Waals surface area contributed by atoms with Crippen molar-refractivity contribution in [3.05, 3.63) is 41.7 Å². The Balaban J connectivity index is 2.17. The standard InChI is InChI=1S/C20H28N4O2/c1-5-12-24(13-6-2)19-14-18(21-15(4)22-19)23-17-10-8-16(9-11-17)20(25)26-7-3/h8-11,14H,5-7,12-13H2,1-4H3,(H,21,22,23). The van der Waals surface area contributed by atoms with Crippen molar-refractivity contribution in [2.24, 2.45) is 0 Å². The Morgan fingerprint density at radius 3 is 2.31 bits per heavy atom. The molecule has 0 saturated carbocycles. The van der Waals surface area contributed by atoms with Crippen molar-refractivity contribution < 1.29 is 9.53 Å². The Hall–Kier alpha value is -2.63. The maximum atomic E-state index is 11.7. The van der Waals surface area contributed by atoms with E-state index in [0.29, 0.717) is 12.2 Å². The van der Waals surface area contributed by atoms with Gasteiger partial charge in [-0.05, 0) is 51.0 Å². The molecule has 1 heterocycles. The van der Waals surface area contributed by atoms with Gasteiger partial charge in [0.1, 0.15) is 17.5 Å². The maximum Gasteiger partial charge on any atom is 0.338 e. The maximum absolute atomic E-state index is 11.7. The Morgan fingerprint density at radius 2 is 1.73 bits per heavy atom. The fourth-order valence-corrected chi connectivity index (χ4v) is 2.71. The van der Waals surface area contributed by atoms with E-state index in [1.165, 1.54) is 0 Å². The zero-order chi connectivity index (χ0) is 18.9. The molecule has 0 atom stereocenters. The first-order chi connectivity index (χ1) is 12.6. The molecule has 1 aromatic carbocycles. The molecule has 0 fully saturated rings. The van der Waals surface area contributed by atoms with Gasteiger partial charge in [-0.25, -0.2) is 14.8 Å². The first-order valence-corrected chi connectivity index (χ1v) is 9.22. The van der Waals surface area contributed by atoms with E-state index in [-0.39, 0.29) is 5.97 Å². The van der Waals surface area contributed by atoms with Crippen LogP contribution >= 0.6 is 0 Å². The quantitative estimate of drug-likeness (QED) is 0.675. The van der Waals surface area contributed by atoms with Gasteiger partial charge in [-0.15, -0.1) is 0 Å². The number of esters is 1. The number of aromatic nitrogens is 2. The Labute approximate surface area is 155 Å². The predicted octanol–water partition coefficient (Wildman–Crippen LogP) is 4.33. The van der Waals surface area contributed by atoms with Crippen molar-refractivity contribution in [1.82, 2.24) is 9.97 Å². The summed E-state index contributed by atoms with van der Waals surface area (Å²) in [4.78, 5) is 23.1. The van der Waals surface area contributed by atoms with Crippen LogP contribution < -0.4 is 10.2 Å². The van der Waals surface area contributed by atoms with Crippen LogP contribution in [-0.4, -0.2) is 35.6 Å². The first-order valence-electron chi connectivity index (χ1n) is 9.22. The molecular weight excluding hydrogens is 328 g/mol. The van der Waals surface area contributed by atoms with E-state index >= 15 is 0 Å². The van der Waals surface area contributed by atoms with Gasteiger partial charge in [-0.2, -0.15) is 0 Å². The second kappa shape index (κ2) is 9.75. The van der Waals surface area contributed by atoms with Crippen LogP contribution in [0.15, 0.2) is 30.3 Å². The van der Waals surface area contributed by atoms with Crippen LogP contribution in [0.25, 0.3) is 0 Å². The SMILES string of the molecule is CCCN(CCC)c1cc(Nc2ccc(C(=O)OCC)cc2)nc(C)n1. The largest absolute Gasteiger partial charge is 0.462 e. The van der Waals surface area contributed by atoms with E-state index in [0.717, 1.165) is 49.1 Å². The number of nitrogens with zero attached hydrogens (tertiary/aromatic N) is 3. The van der Waals surface area contributed by atoms with Crippen molar-refractivity contribution in [3.63, 3.8) is 0 Å². The third-order valence-electron chi connectivity index (χ3n) is 3.80. The van der Waals surface area contributed by atoms with Crippen LogP contribution in [0.1, 0.15) is 49.8 Å². The fraction of sp³-hybridized carbons (Fsp3) is 0.450. The highest BCUT2D eigenvalue weighted by Crippen LogP contribution is 2.21. The highest BCUT2D eigenvalue weighted by Gasteiger charge is 2.10. The van der Waals surface area contributed by atoms with Gasteiger partial charge in [-0.1, -0.05) is 13.8 Å².